The van der Waals surface area contributed by atoms with Gasteiger partial charge in [0.15, 0.2) is 0 Å². The molecule has 1 amide bonds. The van der Waals surface area contributed by atoms with Gasteiger partial charge >= 0.3 is 0 Å². The number of aryl methyl sites for hydroxylation is 1. The van der Waals surface area contributed by atoms with Crippen molar-refractivity contribution in [1.82, 2.24) is 0 Å². The molecule has 104 valence electrons. The Morgan fingerprint density at radius 1 is 1.47 bits per heavy atom. The Morgan fingerprint density at radius 2 is 2.16 bits per heavy atom. The van der Waals surface area contributed by atoms with Crippen LogP contribution in [-0.4, -0.2) is 26.6 Å². The highest BCUT2D eigenvalue weighted by Crippen LogP contribution is 2.32. The van der Waals surface area contributed by atoms with E-state index >= 15 is 0 Å². The third kappa shape index (κ3) is 3.46. The summed E-state index contributed by atoms with van der Waals surface area (Å²) in [6.07, 6.45) is 0.181. The molecule has 0 aliphatic carbocycles. The third-order valence-electron chi connectivity index (χ3n) is 3.07. The van der Waals surface area contributed by atoms with Crippen molar-refractivity contribution in [2.75, 3.05) is 17.2 Å². The standard InChI is InChI=1S/C12H15ClN2O3S/c1-8-2-3-11(10(13)4-8)15-6-9(5-12(15)16)7-19(14,17)18/h2-4,9H,5-7H2,1H3,(H2,14,17,18). The quantitative estimate of drug-likeness (QED) is 0.913. The molecule has 0 bridgehead atoms. The average molecular weight is 303 g/mol. The zero-order valence-corrected chi connectivity index (χ0v) is 12.0. The van der Waals surface area contributed by atoms with Gasteiger partial charge in [-0.3, -0.25) is 4.79 Å². The van der Waals surface area contributed by atoms with Crippen molar-refractivity contribution in [3.63, 3.8) is 0 Å². The molecular weight excluding hydrogens is 288 g/mol. The monoisotopic (exact) mass is 302 g/mol. The highest BCUT2D eigenvalue weighted by molar-refractivity contribution is 7.89. The predicted molar refractivity (Wildman–Crippen MR) is 74.6 cm³/mol. The van der Waals surface area contributed by atoms with Crippen LogP contribution in [0.25, 0.3) is 0 Å². The van der Waals surface area contributed by atoms with Crippen LogP contribution in [-0.2, 0) is 14.8 Å². The van der Waals surface area contributed by atoms with Crippen molar-refractivity contribution < 1.29 is 13.2 Å². The largest absolute Gasteiger partial charge is 0.311 e. The van der Waals surface area contributed by atoms with Crippen molar-refractivity contribution in [3.05, 3.63) is 28.8 Å². The summed E-state index contributed by atoms with van der Waals surface area (Å²) in [4.78, 5) is 13.5. The van der Waals surface area contributed by atoms with Crippen molar-refractivity contribution in [3.8, 4) is 0 Å². The molecule has 1 aromatic rings. The Balaban J connectivity index is 2.20. The van der Waals surface area contributed by atoms with E-state index in [0.717, 1.165) is 5.56 Å². The minimum absolute atomic E-state index is 0.126. The van der Waals surface area contributed by atoms with Crippen molar-refractivity contribution >= 4 is 33.2 Å². The van der Waals surface area contributed by atoms with Crippen LogP contribution in [0.2, 0.25) is 5.02 Å². The number of nitrogens with two attached hydrogens (primary N) is 1. The average Bonchev–Trinajstić information content (AvgIpc) is 2.56. The highest BCUT2D eigenvalue weighted by atomic mass is 35.5. The van der Waals surface area contributed by atoms with Crippen LogP contribution in [0.15, 0.2) is 18.2 Å². The van der Waals surface area contributed by atoms with Crippen LogP contribution in [0.4, 0.5) is 5.69 Å². The highest BCUT2D eigenvalue weighted by Gasteiger charge is 2.33. The number of carbonyl (C=O) groups is 1. The second-order valence-electron chi connectivity index (χ2n) is 4.86. The molecule has 1 atom stereocenters. The fourth-order valence-electron chi connectivity index (χ4n) is 2.29. The smallest absolute Gasteiger partial charge is 0.227 e. The zero-order chi connectivity index (χ0) is 14.2. The molecule has 0 saturated carbocycles. The van der Waals surface area contributed by atoms with Crippen LogP contribution < -0.4 is 10.0 Å². The summed E-state index contributed by atoms with van der Waals surface area (Å²) in [7, 11) is -3.57. The first-order valence-electron chi connectivity index (χ1n) is 5.83. The van der Waals surface area contributed by atoms with E-state index in [1.807, 2.05) is 13.0 Å². The van der Waals surface area contributed by atoms with E-state index < -0.39 is 10.0 Å². The first-order chi connectivity index (χ1) is 8.76. The van der Waals surface area contributed by atoms with E-state index in [4.69, 9.17) is 16.7 Å². The van der Waals surface area contributed by atoms with Gasteiger partial charge < -0.3 is 4.90 Å². The van der Waals surface area contributed by atoms with Crippen LogP contribution in [0, 0.1) is 12.8 Å². The molecule has 5 nitrogen and oxygen atoms in total. The molecule has 1 saturated heterocycles. The number of nitrogens with zero attached hydrogens (tertiary/aromatic N) is 1. The maximum absolute atomic E-state index is 11.9. The number of primary sulfonamides is 1. The van der Waals surface area contributed by atoms with E-state index in [1.54, 1.807) is 12.1 Å². The lowest BCUT2D eigenvalue weighted by atomic mass is 10.1. The Labute approximate surface area is 117 Å². The Hall–Kier alpha value is -1.11. The summed E-state index contributed by atoms with van der Waals surface area (Å²) >= 11 is 6.12. The molecular formula is C12H15ClN2O3S. The molecule has 2 N–H and O–H groups in total. The number of sulfonamides is 1. The Bertz CT molecular complexity index is 615. The minimum atomic E-state index is -3.57. The van der Waals surface area contributed by atoms with Crippen LogP contribution in [0.3, 0.4) is 0 Å². The van der Waals surface area contributed by atoms with Gasteiger partial charge in [0.25, 0.3) is 0 Å². The summed E-state index contributed by atoms with van der Waals surface area (Å²) in [5.41, 5.74) is 1.62. The molecule has 7 heteroatoms. The van der Waals surface area contributed by atoms with E-state index in [-0.39, 0.29) is 24.0 Å². The number of hydrogen-bond donors (Lipinski definition) is 1. The molecule has 1 aromatic carbocycles. The lowest BCUT2D eigenvalue weighted by molar-refractivity contribution is -0.117. The predicted octanol–water partition coefficient (Wildman–Crippen LogP) is 1.29. The number of amides is 1. The summed E-state index contributed by atoms with van der Waals surface area (Å²) in [6.45, 7) is 2.24. The summed E-state index contributed by atoms with van der Waals surface area (Å²) < 4.78 is 22.1. The van der Waals surface area contributed by atoms with E-state index in [1.165, 1.54) is 4.90 Å². The van der Waals surface area contributed by atoms with Crippen molar-refractivity contribution in [2.45, 2.75) is 13.3 Å². The lowest BCUT2D eigenvalue weighted by Gasteiger charge is -2.18. The maximum atomic E-state index is 11.9. The Morgan fingerprint density at radius 3 is 2.74 bits per heavy atom. The fraction of sp³-hybridized carbons (Fsp3) is 0.417. The van der Waals surface area contributed by atoms with Gasteiger partial charge in [0, 0.05) is 18.9 Å². The first kappa shape index (κ1) is 14.3. The molecule has 1 fully saturated rings. The second-order valence-corrected chi connectivity index (χ2v) is 6.93. The van der Waals surface area contributed by atoms with Crippen molar-refractivity contribution in [1.29, 1.82) is 0 Å². The van der Waals surface area contributed by atoms with E-state index in [2.05, 4.69) is 0 Å². The topological polar surface area (TPSA) is 80.5 Å². The normalized spacial score (nSPS) is 20.1. The molecule has 2 rings (SSSR count). The SMILES string of the molecule is Cc1ccc(N2CC(CS(N)(=O)=O)CC2=O)c(Cl)c1. The summed E-state index contributed by atoms with van der Waals surface area (Å²) in [5.74, 6) is -0.585. The zero-order valence-electron chi connectivity index (χ0n) is 10.5. The van der Waals surface area contributed by atoms with Gasteiger partial charge in [0.05, 0.1) is 16.5 Å². The van der Waals surface area contributed by atoms with Gasteiger partial charge in [0.2, 0.25) is 15.9 Å². The number of rotatable bonds is 3. The van der Waals surface area contributed by atoms with Crippen LogP contribution in [0.5, 0.6) is 0 Å². The number of anilines is 1. The van der Waals surface area contributed by atoms with Crippen molar-refractivity contribution in [2.24, 2.45) is 11.1 Å². The first-order valence-corrected chi connectivity index (χ1v) is 7.92. The van der Waals surface area contributed by atoms with Crippen LogP contribution >= 0.6 is 11.6 Å². The van der Waals surface area contributed by atoms with Gasteiger partial charge in [0.1, 0.15) is 0 Å². The van der Waals surface area contributed by atoms with Crippen LogP contribution in [0.1, 0.15) is 12.0 Å². The molecule has 1 heterocycles. The lowest BCUT2D eigenvalue weighted by Crippen LogP contribution is -2.27. The van der Waals surface area contributed by atoms with E-state index in [9.17, 15) is 13.2 Å². The van der Waals surface area contributed by atoms with Gasteiger partial charge in [-0.2, -0.15) is 0 Å². The van der Waals surface area contributed by atoms with Gasteiger partial charge in [-0.1, -0.05) is 17.7 Å². The van der Waals surface area contributed by atoms with Gasteiger partial charge in [-0.15, -0.1) is 0 Å². The maximum Gasteiger partial charge on any atom is 0.227 e. The van der Waals surface area contributed by atoms with Gasteiger partial charge in [-0.05, 0) is 24.6 Å². The van der Waals surface area contributed by atoms with Gasteiger partial charge in [-0.25, -0.2) is 13.6 Å². The number of carbonyl (C=O) groups excluding carboxylic acids is 1. The third-order valence-corrected chi connectivity index (χ3v) is 4.31. The minimum Gasteiger partial charge on any atom is -0.311 e. The fourth-order valence-corrected chi connectivity index (χ4v) is 3.50. The number of halogens is 1. The molecule has 1 aliphatic rings. The molecule has 1 unspecified atom stereocenters. The molecule has 0 radical (unpaired) electrons. The summed E-state index contributed by atoms with van der Waals surface area (Å²) in [5, 5.41) is 5.50. The Kier molecular flexibility index (Phi) is 3.85. The molecule has 1 aliphatic heterocycles. The number of benzene rings is 1. The number of hydrogen-bond acceptors (Lipinski definition) is 3. The summed E-state index contributed by atoms with van der Waals surface area (Å²) in [6, 6.07) is 5.41. The molecule has 0 spiro atoms. The van der Waals surface area contributed by atoms with E-state index in [0.29, 0.717) is 17.3 Å². The second kappa shape index (κ2) is 5.11. The molecule has 19 heavy (non-hydrogen) atoms. The molecule has 0 aromatic heterocycles.